The molecule has 2 fully saturated rings. The van der Waals surface area contributed by atoms with Crippen LogP contribution in [0.25, 0.3) is 10.8 Å². The van der Waals surface area contributed by atoms with E-state index in [-0.39, 0.29) is 11.4 Å². The first-order chi connectivity index (χ1) is 16.8. The van der Waals surface area contributed by atoms with Crippen molar-refractivity contribution in [2.45, 2.75) is 37.4 Å². The summed E-state index contributed by atoms with van der Waals surface area (Å²) < 4.78 is 32.5. The van der Waals surface area contributed by atoms with Crippen LogP contribution in [0.1, 0.15) is 35.2 Å². The number of nitrogens with one attached hydrogen (secondary N) is 2. The zero-order valence-corrected chi connectivity index (χ0v) is 20.1. The van der Waals surface area contributed by atoms with Crippen LogP contribution in [0.4, 0.5) is 14.6 Å². The van der Waals surface area contributed by atoms with E-state index in [1.54, 1.807) is 18.2 Å². The molecule has 0 spiro atoms. The Morgan fingerprint density at radius 1 is 1.20 bits per heavy atom. The van der Waals surface area contributed by atoms with Crippen LogP contribution in [0.3, 0.4) is 0 Å². The van der Waals surface area contributed by atoms with E-state index in [9.17, 15) is 13.6 Å². The summed E-state index contributed by atoms with van der Waals surface area (Å²) >= 11 is 5.55. The molecule has 1 aromatic heterocycles. The second-order valence-electron chi connectivity index (χ2n) is 9.03. The second kappa shape index (κ2) is 11.3. The summed E-state index contributed by atoms with van der Waals surface area (Å²) in [4.78, 5) is 15.6. The van der Waals surface area contributed by atoms with Gasteiger partial charge in [-0.1, -0.05) is 23.7 Å². The van der Waals surface area contributed by atoms with Gasteiger partial charge in [0.1, 0.15) is 17.3 Å². The van der Waals surface area contributed by atoms with Crippen molar-refractivity contribution in [1.29, 1.82) is 0 Å². The molecule has 0 saturated carbocycles. The van der Waals surface area contributed by atoms with E-state index < -0.39 is 17.4 Å². The summed E-state index contributed by atoms with van der Waals surface area (Å²) in [6.07, 6.45) is 4.51. The van der Waals surface area contributed by atoms with Gasteiger partial charge in [0.05, 0.1) is 5.02 Å². The molecule has 4 N–H and O–H groups in total. The lowest BCUT2D eigenvalue weighted by atomic mass is 9.95. The van der Waals surface area contributed by atoms with Gasteiger partial charge in [-0.3, -0.25) is 4.79 Å². The molecule has 1 amide bonds. The number of hydrogen-bond acceptors (Lipinski definition) is 5. The molecule has 2 aliphatic heterocycles. The zero-order valence-electron chi connectivity index (χ0n) is 19.3. The summed E-state index contributed by atoms with van der Waals surface area (Å²) in [5.41, 5.74) is 5.24. The van der Waals surface area contributed by atoms with Crippen molar-refractivity contribution < 1.29 is 18.3 Å². The van der Waals surface area contributed by atoms with Gasteiger partial charge in [0.25, 0.3) is 0 Å². The fourth-order valence-corrected chi connectivity index (χ4v) is 4.42. The third kappa shape index (κ3) is 6.87. The van der Waals surface area contributed by atoms with Crippen molar-refractivity contribution in [3.05, 3.63) is 70.6 Å². The number of alkyl halides is 1. The molecular weight excluding hydrogens is 474 g/mol. The predicted molar refractivity (Wildman–Crippen MR) is 134 cm³/mol. The predicted octanol–water partition coefficient (Wildman–Crippen LogP) is 4.65. The highest BCUT2D eigenvalue weighted by Gasteiger charge is 2.33. The van der Waals surface area contributed by atoms with E-state index in [4.69, 9.17) is 22.1 Å². The van der Waals surface area contributed by atoms with E-state index in [0.717, 1.165) is 42.6 Å². The highest BCUT2D eigenvalue weighted by Crippen LogP contribution is 2.26. The van der Waals surface area contributed by atoms with Gasteiger partial charge in [0, 0.05) is 49.4 Å². The average Bonchev–Trinajstić information content (AvgIpc) is 3.28. The maximum Gasteiger partial charge on any atom is 0.248 e. The van der Waals surface area contributed by atoms with Crippen LogP contribution in [-0.4, -0.2) is 48.9 Å². The molecule has 6 nitrogen and oxygen atoms in total. The number of aromatic nitrogens is 1. The summed E-state index contributed by atoms with van der Waals surface area (Å²) in [5.74, 6) is -0.0719. The SMILES string of the molecule is Fc1cc(CC2(F)CCNC2)ccc1Cl.NC(=O)c1ccc2cnc(NC3CCOCC3)cc2c1. The van der Waals surface area contributed by atoms with Crippen molar-refractivity contribution in [1.82, 2.24) is 10.3 Å². The number of primary amides is 1. The maximum atomic E-state index is 14.0. The molecule has 35 heavy (non-hydrogen) atoms. The highest BCUT2D eigenvalue weighted by atomic mass is 35.5. The average molecular weight is 503 g/mol. The molecule has 5 rings (SSSR count). The van der Waals surface area contributed by atoms with Crippen molar-refractivity contribution in [2.75, 3.05) is 31.6 Å². The first-order valence-corrected chi connectivity index (χ1v) is 12.1. The van der Waals surface area contributed by atoms with E-state index >= 15 is 0 Å². The lowest BCUT2D eigenvalue weighted by molar-refractivity contribution is 0.0904. The number of amides is 1. The minimum atomic E-state index is -1.24. The summed E-state index contributed by atoms with van der Waals surface area (Å²) in [6.45, 7) is 2.61. The van der Waals surface area contributed by atoms with Crippen LogP contribution >= 0.6 is 11.6 Å². The number of anilines is 1. The molecule has 186 valence electrons. The van der Waals surface area contributed by atoms with Gasteiger partial charge in [-0.25, -0.2) is 13.8 Å². The molecule has 2 saturated heterocycles. The first kappa shape index (κ1) is 25.3. The zero-order chi connectivity index (χ0) is 24.8. The van der Waals surface area contributed by atoms with Crippen LogP contribution < -0.4 is 16.4 Å². The third-order valence-electron chi connectivity index (χ3n) is 6.28. The van der Waals surface area contributed by atoms with Gasteiger partial charge in [0.2, 0.25) is 5.91 Å². The van der Waals surface area contributed by atoms with Gasteiger partial charge < -0.3 is 21.1 Å². The van der Waals surface area contributed by atoms with Crippen LogP contribution in [-0.2, 0) is 11.2 Å². The van der Waals surface area contributed by atoms with Crippen molar-refractivity contribution >= 4 is 34.1 Å². The van der Waals surface area contributed by atoms with Crippen LogP contribution in [0.15, 0.2) is 48.7 Å². The molecule has 0 bridgehead atoms. The molecule has 1 unspecified atom stereocenters. The van der Waals surface area contributed by atoms with Crippen molar-refractivity contribution in [3.63, 3.8) is 0 Å². The Morgan fingerprint density at radius 2 is 2.00 bits per heavy atom. The van der Waals surface area contributed by atoms with Crippen molar-refractivity contribution in [3.8, 4) is 0 Å². The lowest BCUT2D eigenvalue weighted by Gasteiger charge is -2.23. The number of benzene rings is 2. The molecule has 2 aromatic carbocycles. The number of halogens is 3. The fourth-order valence-electron chi connectivity index (χ4n) is 4.30. The summed E-state index contributed by atoms with van der Waals surface area (Å²) in [7, 11) is 0. The number of hydrogen-bond donors (Lipinski definition) is 3. The minimum absolute atomic E-state index is 0.0798. The number of nitrogens with two attached hydrogens (primary N) is 1. The van der Waals surface area contributed by atoms with Crippen LogP contribution in [0.5, 0.6) is 0 Å². The third-order valence-corrected chi connectivity index (χ3v) is 6.58. The molecule has 3 heterocycles. The maximum absolute atomic E-state index is 14.0. The van der Waals surface area contributed by atoms with Gasteiger partial charge in [0.15, 0.2) is 0 Å². The highest BCUT2D eigenvalue weighted by molar-refractivity contribution is 6.30. The number of carbonyl (C=O) groups excluding carboxylic acids is 1. The fraction of sp³-hybridized carbons (Fsp3) is 0.385. The number of rotatable bonds is 5. The molecule has 0 aliphatic carbocycles. The van der Waals surface area contributed by atoms with Crippen molar-refractivity contribution in [2.24, 2.45) is 5.73 Å². The molecule has 3 aromatic rings. The Bertz CT molecular complexity index is 1180. The summed E-state index contributed by atoms with van der Waals surface area (Å²) in [6, 6.07) is 12.2. The smallest absolute Gasteiger partial charge is 0.248 e. The van der Waals surface area contributed by atoms with E-state index in [2.05, 4.69) is 15.6 Å². The standard InChI is InChI=1S/C15H17N3O2.C11H12ClF2N/c16-15(19)10-1-2-11-9-17-14(8-12(11)7-10)18-13-3-5-20-6-4-13;12-9-2-1-8(5-10(9)13)6-11(14)3-4-15-7-11/h1-2,7-9,13H,3-6H2,(H2,16,19)(H,17,18);1-2,5,15H,3-4,6-7H2. The Balaban J connectivity index is 0.000000172. The second-order valence-corrected chi connectivity index (χ2v) is 9.44. The number of carbonyl (C=O) groups is 1. The lowest BCUT2D eigenvalue weighted by Crippen LogP contribution is -2.28. The number of nitrogens with zero attached hydrogens (tertiary/aromatic N) is 1. The Morgan fingerprint density at radius 3 is 2.69 bits per heavy atom. The molecule has 1 atom stereocenters. The first-order valence-electron chi connectivity index (χ1n) is 11.7. The summed E-state index contributed by atoms with van der Waals surface area (Å²) in [5, 5.41) is 8.42. The van der Waals surface area contributed by atoms with E-state index in [1.807, 2.05) is 18.3 Å². The Hall–Kier alpha value is -2.81. The molecule has 9 heteroatoms. The molecule has 0 radical (unpaired) electrons. The van der Waals surface area contributed by atoms with E-state index in [0.29, 0.717) is 36.7 Å². The van der Waals surface area contributed by atoms with Gasteiger partial charge in [-0.2, -0.15) is 0 Å². The van der Waals surface area contributed by atoms with E-state index in [1.165, 1.54) is 12.1 Å². The quantitative estimate of drug-likeness (QED) is 0.472. The number of ether oxygens (including phenoxy) is 1. The minimum Gasteiger partial charge on any atom is -0.381 e. The van der Waals surface area contributed by atoms with Crippen LogP contribution in [0, 0.1) is 5.82 Å². The van der Waals surface area contributed by atoms with Gasteiger partial charge in [-0.05, 0) is 67.1 Å². The largest absolute Gasteiger partial charge is 0.381 e. The Kier molecular flexibility index (Phi) is 8.15. The van der Waals surface area contributed by atoms with Gasteiger partial charge >= 0.3 is 0 Å². The molecular formula is C26H29ClF2N4O2. The monoisotopic (exact) mass is 502 g/mol. The van der Waals surface area contributed by atoms with Crippen LogP contribution in [0.2, 0.25) is 5.02 Å². The number of fused-ring (bicyclic) bond motifs is 1. The Labute approximate surface area is 208 Å². The number of pyridine rings is 1. The normalized spacial score (nSPS) is 20.3. The van der Waals surface area contributed by atoms with Gasteiger partial charge in [-0.15, -0.1) is 0 Å². The molecule has 2 aliphatic rings. The topological polar surface area (TPSA) is 89.3 Å².